The summed E-state index contributed by atoms with van der Waals surface area (Å²) in [6, 6.07) is 3.68. The van der Waals surface area contributed by atoms with Gasteiger partial charge in [0.1, 0.15) is 0 Å². The zero-order chi connectivity index (χ0) is 13.3. The van der Waals surface area contributed by atoms with Crippen LogP contribution < -0.4 is 4.72 Å². The zero-order valence-electron chi connectivity index (χ0n) is 10.5. The molecule has 0 aromatic heterocycles. The molecule has 0 bridgehead atoms. The van der Waals surface area contributed by atoms with Crippen molar-refractivity contribution in [2.24, 2.45) is 0 Å². The molecule has 1 N–H and O–H groups in total. The fourth-order valence-electron chi connectivity index (χ4n) is 2.15. The van der Waals surface area contributed by atoms with Crippen molar-refractivity contribution < 1.29 is 8.42 Å². The van der Waals surface area contributed by atoms with Crippen LogP contribution in [0.1, 0.15) is 24.0 Å². The average Bonchev–Trinajstić information content (AvgIpc) is 2.79. The molecule has 1 aromatic carbocycles. The van der Waals surface area contributed by atoms with Crippen LogP contribution in [0.3, 0.4) is 0 Å². The highest BCUT2D eigenvalue weighted by atomic mass is 79.9. The highest BCUT2D eigenvalue weighted by molar-refractivity contribution is 9.10. The number of halogens is 1. The zero-order valence-corrected chi connectivity index (χ0v) is 12.9. The lowest BCUT2D eigenvalue weighted by Gasteiger charge is -2.17. The van der Waals surface area contributed by atoms with Gasteiger partial charge in [-0.05, 0) is 49.9 Å². The Hall–Kier alpha value is -0.590. The molecule has 0 spiro atoms. The van der Waals surface area contributed by atoms with Gasteiger partial charge in [0, 0.05) is 17.6 Å². The number of anilines is 1. The first kappa shape index (κ1) is 13.8. The maximum atomic E-state index is 12.1. The Balaban J connectivity index is 2.23. The first-order valence-electron chi connectivity index (χ1n) is 5.95. The summed E-state index contributed by atoms with van der Waals surface area (Å²) in [6.45, 7) is 5.13. The molecule has 0 aliphatic carbocycles. The lowest BCUT2D eigenvalue weighted by Crippen LogP contribution is -2.33. The van der Waals surface area contributed by atoms with Crippen LogP contribution in [0.5, 0.6) is 0 Å². The summed E-state index contributed by atoms with van der Waals surface area (Å²) in [6.07, 6.45) is 1.89. The van der Waals surface area contributed by atoms with E-state index in [9.17, 15) is 8.42 Å². The van der Waals surface area contributed by atoms with Crippen molar-refractivity contribution in [1.29, 1.82) is 0 Å². The molecule has 0 amide bonds. The molecular weight excluding hydrogens is 316 g/mol. The average molecular weight is 333 g/mol. The van der Waals surface area contributed by atoms with E-state index in [0.29, 0.717) is 18.8 Å². The van der Waals surface area contributed by atoms with Gasteiger partial charge in [-0.25, -0.2) is 0 Å². The number of nitrogens with one attached hydrogen (secondary N) is 1. The van der Waals surface area contributed by atoms with Crippen molar-refractivity contribution >= 4 is 31.8 Å². The maximum Gasteiger partial charge on any atom is 0.301 e. The Bertz CT molecular complexity index is 528. The first-order chi connectivity index (χ1) is 8.40. The molecule has 2 rings (SSSR count). The van der Waals surface area contributed by atoms with Gasteiger partial charge >= 0.3 is 10.2 Å². The Morgan fingerprint density at radius 3 is 2.17 bits per heavy atom. The van der Waals surface area contributed by atoms with Crippen molar-refractivity contribution in [3.05, 3.63) is 27.7 Å². The molecule has 1 aromatic rings. The summed E-state index contributed by atoms with van der Waals surface area (Å²) in [5, 5.41) is 0. The largest absolute Gasteiger partial charge is 0.301 e. The quantitative estimate of drug-likeness (QED) is 0.925. The number of aryl methyl sites for hydroxylation is 2. The van der Waals surface area contributed by atoms with E-state index in [0.717, 1.165) is 28.4 Å². The third-order valence-electron chi connectivity index (χ3n) is 3.09. The molecule has 1 aliphatic heterocycles. The predicted molar refractivity (Wildman–Crippen MR) is 77.0 cm³/mol. The summed E-state index contributed by atoms with van der Waals surface area (Å²) < 4.78 is 29.4. The van der Waals surface area contributed by atoms with Crippen molar-refractivity contribution in [2.45, 2.75) is 26.7 Å². The van der Waals surface area contributed by atoms with Gasteiger partial charge in [-0.2, -0.15) is 12.7 Å². The highest BCUT2D eigenvalue weighted by Gasteiger charge is 2.25. The third kappa shape index (κ3) is 2.87. The minimum Gasteiger partial charge on any atom is -0.271 e. The lowest BCUT2D eigenvalue weighted by molar-refractivity contribution is 0.482. The lowest BCUT2D eigenvalue weighted by atomic mass is 10.1. The van der Waals surface area contributed by atoms with Crippen LogP contribution in [0.2, 0.25) is 0 Å². The second-order valence-electron chi connectivity index (χ2n) is 4.64. The molecule has 4 nitrogen and oxygen atoms in total. The van der Waals surface area contributed by atoms with E-state index in [2.05, 4.69) is 20.7 Å². The molecule has 100 valence electrons. The monoisotopic (exact) mass is 332 g/mol. The van der Waals surface area contributed by atoms with Crippen LogP contribution >= 0.6 is 15.9 Å². The number of hydrogen-bond donors (Lipinski definition) is 1. The SMILES string of the molecule is Cc1cc(NS(=O)(=O)N2CCCC2)cc(C)c1Br. The Morgan fingerprint density at radius 2 is 1.67 bits per heavy atom. The fourth-order valence-corrected chi connectivity index (χ4v) is 3.66. The topological polar surface area (TPSA) is 49.4 Å². The van der Waals surface area contributed by atoms with Crippen LogP contribution in [0.25, 0.3) is 0 Å². The Kier molecular flexibility index (Phi) is 3.99. The Labute approximate surface area is 117 Å². The molecule has 18 heavy (non-hydrogen) atoms. The molecule has 0 radical (unpaired) electrons. The van der Waals surface area contributed by atoms with Gasteiger partial charge in [0.2, 0.25) is 0 Å². The summed E-state index contributed by atoms with van der Waals surface area (Å²) >= 11 is 3.47. The van der Waals surface area contributed by atoms with Gasteiger partial charge in [-0.15, -0.1) is 0 Å². The normalized spacial score (nSPS) is 17.1. The molecule has 1 heterocycles. The van der Waals surface area contributed by atoms with Crippen LogP contribution in [0.15, 0.2) is 16.6 Å². The minimum atomic E-state index is -3.39. The molecule has 1 saturated heterocycles. The van der Waals surface area contributed by atoms with Gasteiger partial charge < -0.3 is 0 Å². The van der Waals surface area contributed by atoms with Gasteiger partial charge in [0.05, 0.1) is 5.69 Å². The smallest absolute Gasteiger partial charge is 0.271 e. The Morgan fingerprint density at radius 1 is 1.17 bits per heavy atom. The van der Waals surface area contributed by atoms with Crippen LogP contribution in [0.4, 0.5) is 5.69 Å². The van der Waals surface area contributed by atoms with E-state index in [1.165, 1.54) is 4.31 Å². The molecule has 0 saturated carbocycles. The minimum absolute atomic E-state index is 0.615. The van der Waals surface area contributed by atoms with Gasteiger partial charge in [0.15, 0.2) is 0 Å². The molecular formula is C12H17BrN2O2S. The van der Waals surface area contributed by atoms with Gasteiger partial charge in [-0.1, -0.05) is 15.9 Å². The van der Waals surface area contributed by atoms with Crippen molar-refractivity contribution in [3.8, 4) is 0 Å². The second kappa shape index (κ2) is 5.19. The van der Waals surface area contributed by atoms with E-state index in [-0.39, 0.29) is 0 Å². The van der Waals surface area contributed by atoms with Crippen LogP contribution in [-0.2, 0) is 10.2 Å². The summed E-state index contributed by atoms with van der Waals surface area (Å²) in [4.78, 5) is 0. The third-order valence-corrected chi connectivity index (χ3v) is 5.88. The predicted octanol–water partition coefficient (Wildman–Crippen LogP) is 2.82. The van der Waals surface area contributed by atoms with E-state index in [1.807, 2.05) is 26.0 Å². The molecule has 1 fully saturated rings. The number of benzene rings is 1. The van der Waals surface area contributed by atoms with Crippen LogP contribution in [0, 0.1) is 13.8 Å². The van der Waals surface area contributed by atoms with E-state index in [1.54, 1.807) is 0 Å². The number of rotatable bonds is 3. The van der Waals surface area contributed by atoms with Crippen molar-refractivity contribution in [2.75, 3.05) is 17.8 Å². The summed E-state index contributed by atoms with van der Waals surface area (Å²) in [7, 11) is -3.39. The van der Waals surface area contributed by atoms with E-state index < -0.39 is 10.2 Å². The fraction of sp³-hybridized carbons (Fsp3) is 0.500. The molecule has 6 heteroatoms. The first-order valence-corrected chi connectivity index (χ1v) is 8.18. The number of nitrogens with zero attached hydrogens (tertiary/aromatic N) is 1. The van der Waals surface area contributed by atoms with Crippen molar-refractivity contribution in [1.82, 2.24) is 4.31 Å². The van der Waals surface area contributed by atoms with Gasteiger partial charge in [0.25, 0.3) is 0 Å². The van der Waals surface area contributed by atoms with Gasteiger partial charge in [-0.3, -0.25) is 4.72 Å². The van der Waals surface area contributed by atoms with Crippen molar-refractivity contribution in [3.63, 3.8) is 0 Å². The van der Waals surface area contributed by atoms with Crippen LogP contribution in [-0.4, -0.2) is 25.8 Å². The molecule has 0 atom stereocenters. The standard InChI is InChI=1S/C12H17BrN2O2S/c1-9-7-11(8-10(2)12(9)13)14-18(16,17)15-5-3-4-6-15/h7-8,14H,3-6H2,1-2H3. The van der Waals surface area contributed by atoms with E-state index >= 15 is 0 Å². The highest BCUT2D eigenvalue weighted by Crippen LogP contribution is 2.26. The summed E-state index contributed by atoms with van der Waals surface area (Å²) in [5.74, 6) is 0. The maximum absolute atomic E-state index is 12.1. The van der Waals surface area contributed by atoms with E-state index in [4.69, 9.17) is 0 Å². The second-order valence-corrected chi connectivity index (χ2v) is 7.10. The molecule has 0 unspecified atom stereocenters. The summed E-state index contributed by atoms with van der Waals surface area (Å²) in [5.41, 5.74) is 2.67. The molecule has 1 aliphatic rings. The number of hydrogen-bond acceptors (Lipinski definition) is 2.